The van der Waals surface area contributed by atoms with Gasteiger partial charge in [-0.2, -0.15) is 0 Å². The van der Waals surface area contributed by atoms with E-state index in [2.05, 4.69) is 61.5 Å². The maximum Gasteiger partial charge on any atom is 0.254 e. The van der Waals surface area contributed by atoms with Gasteiger partial charge in [0.1, 0.15) is 11.3 Å². The fraction of sp³-hybridized carbons (Fsp3) is 0.500. The molecule has 9 heteroatoms. The number of aryl methyl sites for hydroxylation is 1. The van der Waals surface area contributed by atoms with E-state index in [1.54, 1.807) is 11.3 Å². The molecule has 8 nitrogen and oxygen atoms in total. The van der Waals surface area contributed by atoms with Gasteiger partial charge in [-0.05, 0) is 68.9 Å². The highest BCUT2D eigenvalue weighted by atomic mass is 32.1. The Balaban J connectivity index is 1.26. The van der Waals surface area contributed by atoms with Crippen molar-refractivity contribution in [3.8, 4) is 0 Å². The molecule has 37 heavy (non-hydrogen) atoms. The van der Waals surface area contributed by atoms with Gasteiger partial charge in [-0.25, -0.2) is 0 Å². The van der Waals surface area contributed by atoms with Crippen molar-refractivity contribution in [2.45, 2.75) is 64.5 Å². The maximum atomic E-state index is 13.4. The first-order valence-electron chi connectivity index (χ1n) is 13.5. The van der Waals surface area contributed by atoms with Gasteiger partial charge >= 0.3 is 0 Å². The summed E-state index contributed by atoms with van der Waals surface area (Å²) in [7, 11) is 0. The van der Waals surface area contributed by atoms with Crippen molar-refractivity contribution in [3.05, 3.63) is 58.2 Å². The van der Waals surface area contributed by atoms with Crippen molar-refractivity contribution >= 4 is 34.1 Å². The van der Waals surface area contributed by atoms with Gasteiger partial charge in [-0.1, -0.05) is 30.3 Å². The molecular weight excluding hydrogens is 484 g/mol. The van der Waals surface area contributed by atoms with Crippen LogP contribution in [0.4, 0.5) is 10.9 Å². The lowest BCUT2D eigenvalue weighted by Gasteiger charge is -2.29. The monoisotopic (exact) mass is 518 g/mol. The molecule has 3 aromatic rings. The molecule has 3 aliphatic carbocycles. The highest BCUT2D eigenvalue weighted by Crippen LogP contribution is 2.43. The van der Waals surface area contributed by atoms with Crippen LogP contribution in [0.2, 0.25) is 0 Å². The fourth-order valence-electron chi connectivity index (χ4n) is 5.19. The summed E-state index contributed by atoms with van der Waals surface area (Å²) in [6, 6.07) is 10.6. The lowest BCUT2D eigenvalue weighted by atomic mass is 9.91. The van der Waals surface area contributed by atoms with E-state index in [0.717, 1.165) is 61.7 Å². The average Bonchev–Trinajstić information content (AvgIpc) is 3.85. The Bertz CT molecular complexity index is 1280. The maximum absolute atomic E-state index is 13.4. The molecule has 1 aromatic carbocycles. The van der Waals surface area contributed by atoms with Gasteiger partial charge < -0.3 is 15.5 Å². The number of thiophene rings is 1. The van der Waals surface area contributed by atoms with Crippen LogP contribution in [-0.4, -0.2) is 39.7 Å². The Labute approximate surface area is 221 Å². The molecule has 2 saturated carbocycles. The van der Waals surface area contributed by atoms with Crippen LogP contribution in [-0.2, 0) is 24.2 Å². The summed E-state index contributed by atoms with van der Waals surface area (Å²) in [5, 5.41) is 15.8. The van der Waals surface area contributed by atoms with Crippen molar-refractivity contribution in [1.82, 2.24) is 20.1 Å². The Morgan fingerprint density at radius 1 is 1.14 bits per heavy atom. The third-order valence-electron chi connectivity index (χ3n) is 7.72. The molecule has 1 atom stereocenters. The molecule has 0 saturated heterocycles. The van der Waals surface area contributed by atoms with Crippen LogP contribution in [0.25, 0.3) is 0 Å². The number of carbonyl (C=O) groups excluding carboxylic acids is 2. The number of hydrogen-bond donors (Lipinski definition) is 2. The number of anilines is 2. The standard InChI is InChI=1S/C28H34N6O2S/c1-2-33(16-19-6-4-3-5-7-19)28-32-30-17-34(28)21-12-13-23-22(14-21)24(26(36)29-15-18-8-9-18)27(37-23)31-25(35)20-10-11-20/h3-7,17-18,20-21H,2,8-16H2,1H3,(H,29,36)(H,31,35). The second-order valence-corrected chi connectivity index (χ2v) is 11.7. The molecular formula is C28H34N6O2S. The average molecular weight is 519 g/mol. The summed E-state index contributed by atoms with van der Waals surface area (Å²) in [4.78, 5) is 29.5. The summed E-state index contributed by atoms with van der Waals surface area (Å²) < 4.78 is 2.18. The zero-order valence-electron chi connectivity index (χ0n) is 21.3. The molecule has 2 amide bonds. The van der Waals surface area contributed by atoms with Crippen molar-refractivity contribution in [2.24, 2.45) is 11.8 Å². The van der Waals surface area contributed by atoms with Crippen LogP contribution in [0.5, 0.6) is 0 Å². The number of carbonyl (C=O) groups is 2. The summed E-state index contributed by atoms with van der Waals surface area (Å²) in [6.07, 6.45) is 8.62. The normalized spacial score (nSPS) is 18.8. The smallest absolute Gasteiger partial charge is 0.254 e. The molecule has 0 bridgehead atoms. The Kier molecular flexibility index (Phi) is 6.71. The summed E-state index contributed by atoms with van der Waals surface area (Å²) in [5.41, 5.74) is 2.98. The van der Waals surface area contributed by atoms with Crippen LogP contribution < -0.4 is 15.5 Å². The molecule has 6 rings (SSSR count). The van der Waals surface area contributed by atoms with Gasteiger partial charge in [0.05, 0.1) is 5.56 Å². The molecule has 0 spiro atoms. The molecule has 2 fully saturated rings. The minimum absolute atomic E-state index is 0.0481. The number of aromatic nitrogens is 3. The largest absolute Gasteiger partial charge is 0.352 e. The summed E-state index contributed by atoms with van der Waals surface area (Å²) >= 11 is 1.59. The molecule has 0 aliphatic heterocycles. The Morgan fingerprint density at radius 2 is 1.95 bits per heavy atom. The van der Waals surface area contributed by atoms with Crippen molar-refractivity contribution in [1.29, 1.82) is 0 Å². The number of nitrogens with one attached hydrogen (secondary N) is 2. The van der Waals surface area contributed by atoms with E-state index in [1.807, 2.05) is 12.4 Å². The van der Waals surface area contributed by atoms with E-state index in [4.69, 9.17) is 0 Å². The molecule has 2 aromatic heterocycles. The second-order valence-electron chi connectivity index (χ2n) is 10.6. The van der Waals surface area contributed by atoms with E-state index < -0.39 is 0 Å². The van der Waals surface area contributed by atoms with Crippen LogP contribution >= 0.6 is 11.3 Å². The first-order valence-corrected chi connectivity index (χ1v) is 14.3. The minimum atomic E-state index is -0.0561. The van der Waals surface area contributed by atoms with Gasteiger partial charge in [0.15, 0.2) is 0 Å². The number of hydrogen-bond acceptors (Lipinski definition) is 6. The third kappa shape index (κ3) is 5.28. The van der Waals surface area contributed by atoms with E-state index >= 15 is 0 Å². The molecule has 194 valence electrons. The molecule has 3 aliphatic rings. The molecule has 2 N–H and O–H groups in total. The lowest BCUT2D eigenvalue weighted by molar-refractivity contribution is -0.117. The van der Waals surface area contributed by atoms with Gasteiger partial charge in [-0.15, -0.1) is 21.5 Å². The first-order chi connectivity index (χ1) is 18.1. The zero-order valence-corrected chi connectivity index (χ0v) is 22.1. The summed E-state index contributed by atoms with van der Waals surface area (Å²) in [6.45, 7) is 4.43. The highest BCUT2D eigenvalue weighted by Gasteiger charge is 2.35. The van der Waals surface area contributed by atoms with Crippen molar-refractivity contribution in [2.75, 3.05) is 23.3 Å². The summed E-state index contributed by atoms with van der Waals surface area (Å²) in [5.74, 6) is 1.54. The quantitative estimate of drug-likeness (QED) is 0.410. The number of amides is 2. The second kappa shape index (κ2) is 10.3. The van der Waals surface area contributed by atoms with Crippen LogP contribution in [0.3, 0.4) is 0 Å². The fourth-order valence-corrected chi connectivity index (χ4v) is 6.43. The molecule has 2 heterocycles. The Morgan fingerprint density at radius 3 is 2.68 bits per heavy atom. The first kappa shape index (κ1) is 24.2. The van der Waals surface area contributed by atoms with Crippen molar-refractivity contribution in [3.63, 3.8) is 0 Å². The van der Waals surface area contributed by atoms with E-state index in [-0.39, 0.29) is 23.8 Å². The number of nitrogens with zero attached hydrogens (tertiary/aromatic N) is 4. The predicted molar refractivity (Wildman–Crippen MR) is 145 cm³/mol. The topological polar surface area (TPSA) is 92.2 Å². The Hall–Kier alpha value is -3.20. The zero-order chi connectivity index (χ0) is 25.4. The van der Waals surface area contributed by atoms with Crippen LogP contribution in [0, 0.1) is 11.8 Å². The molecule has 0 radical (unpaired) electrons. The van der Waals surface area contributed by atoms with Gasteiger partial charge in [-0.3, -0.25) is 14.2 Å². The van der Waals surface area contributed by atoms with E-state index in [9.17, 15) is 9.59 Å². The van der Waals surface area contributed by atoms with E-state index in [0.29, 0.717) is 18.0 Å². The lowest BCUT2D eigenvalue weighted by Crippen LogP contribution is -2.30. The number of rotatable bonds is 10. The minimum Gasteiger partial charge on any atom is -0.352 e. The van der Waals surface area contributed by atoms with E-state index in [1.165, 1.54) is 23.3 Å². The van der Waals surface area contributed by atoms with Crippen molar-refractivity contribution < 1.29 is 9.59 Å². The number of fused-ring (bicyclic) bond motifs is 1. The van der Waals surface area contributed by atoms with Crippen LogP contribution in [0.1, 0.15) is 71.4 Å². The van der Waals surface area contributed by atoms with Gasteiger partial charge in [0, 0.05) is 36.5 Å². The highest BCUT2D eigenvalue weighted by molar-refractivity contribution is 7.17. The third-order valence-corrected chi connectivity index (χ3v) is 8.93. The van der Waals surface area contributed by atoms with Crippen LogP contribution in [0.15, 0.2) is 36.7 Å². The molecule has 1 unspecified atom stereocenters. The SMILES string of the molecule is CCN(Cc1ccccc1)c1nncn1C1CCc2sc(NC(=O)C3CC3)c(C(=O)NCC3CC3)c2C1. The predicted octanol–water partition coefficient (Wildman–Crippen LogP) is 4.58. The van der Waals surface area contributed by atoms with Gasteiger partial charge in [0.2, 0.25) is 11.9 Å². The van der Waals surface area contributed by atoms with Gasteiger partial charge in [0.25, 0.3) is 5.91 Å². The number of benzene rings is 1.